The number of benzene rings is 5. The molecule has 5 aromatic carbocycles. The quantitative estimate of drug-likeness (QED) is 0.0823. The highest BCUT2D eigenvalue weighted by atomic mass is 16.6. The maximum atomic E-state index is 11.9. The van der Waals surface area contributed by atoms with Gasteiger partial charge in [-0.3, -0.25) is 20.2 Å². The lowest BCUT2D eigenvalue weighted by Crippen LogP contribution is -1.98. The molecule has 5 aromatic rings. The summed E-state index contributed by atoms with van der Waals surface area (Å²) < 4.78 is 11.8. The molecule has 0 atom stereocenters. The third-order valence-electron chi connectivity index (χ3n) is 6.69. The standard InChI is InChI=1S/C36H28N2O6/c39-37(40)35-24-36(38(41)42)32(20-18-28-14-8-16-34(22-28)44-26-30-11-5-2-6-12-30)23-31(35)19-17-27-13-7-15-33(21-27)43-25-29-9-3-1-4-10-29/h1-24H,25-26H2/b19-17-,20-18-. The number of ether oxygens (including phenoxy) is 2. The Hall–Kier alpha value is -6.02. The van der Waals surface area contributed by atoms with Crippen LogP contribution in [0.1, 0.15) is 33.4 Å². The van der Waals surface area contributed by atoms with Gasteiger partial charge in [0.25, 0.3) is 11.4 Å². The summed E-state index contributed by atoms with van der Waals surface area (Å²) >= 11 is 0. The summed E-state index contributed by atoms with van der Waals surface area (Å²) in [5, 5.41) is 23.7. The van der Waals surface area contributed by atoms with Gasteiger partial charge in [0.05, 0.1) is 27.0 Å². The minimum absolute atomic E-state index is 0.232. The fourth-order valence-corrected chi connectivity index (χ4v) is 4.46. The number of hydrogen-bond acceptors (Lipinski definition) is 6. The van der Waals surface area contributed by atoms with Crippen LogP contribution in [0.25, 0.3) is 24.3 Å². The van der Waals surface area contributed by atoms with E-state index >= 15 is 0 Å². The van der Waals surface area contributed by atoms with Crippen molar-refractivity contribution in [1.29, 1.82) is 0 Å². The Morgan fingerprint density at radius 2 is 0.932 bits per heavy atom. The van der Waals surface area contributed by atoms with E-state index in [0.717, 1.165) is 28.3 Å². The zero-order chi connectivity index (χ0) is 30.7. The Labute approximate surface area is 254 Å². The van der Waals surface area contributed by atoms with Crippen molar-refractivity contribution >= 4 is 35.7 Å². The van der Waals surface area contributed by atoms with Gasteiger partial charge in [-0.05, 0) is 64.7 Å². The molecular formula is C36H28N2O6. The third kappa shape index (κ3) is 8.04. The van der Waals surface area contributed by atoms with E-state index in [9.17, 15) is 20.2 Å². The minimum atomic E-state index is -0.618. The molecule has 5 rings (SSSR count). The van der Waals surface area contributed by atoms with Crippen LogP contribution >= 0.6 is 0 Å². The highest BCUT2D eigenvalue weighted by Crippen LogP contribution is 2.32. The van der Waals surface area contributed by atoms with E-state index in [4.69, 9.17) is 9.47 Å². The molecule has 44 heavy (non-hydrogen) atoms. The fourth-order valence-electron chi connectivity index (χ4n) is 4.46. The average molecular weight is 585 g/mol. The summed E-state index contributed by atoms with van der Waals surface area (Å²) in [7, 11) is 0. The van der Waals surface area contributed by atoms with Crippen molar-refractivity contribution in [2.75, 3.05) is 0 Å². The largest absolute Gasteiger partial charge is 0.489 e. The second kappa shape index (κ2) is 14.2. The van der Waals surface area contributed by atoms with Gasteiger partial charge in [0.2, 0.25) is 0 Å². The summed E-state index contributed by atoms with van der Waals surface area (Å²) in [5.41, 5.74) is 3.31. The molecule has 218 valence electrons. The Kier molecular flexibility index (Phi) is 9.54. The maximum Gasteiger partial charge on any atom is 0.283 e. The van der Waals surface area contributed by atoms with Crippen LogP contribution < -0.4 is 9.47 Å². The van der Waals surface area contributed by atoms with Crippen LogP contribution in [0.15, 0.2) is 121 Å². The van der Waals surface area contributed by atoms with Crippen LogP contribution in [0.5, 0.6) is 11.5 Å². The molecule has 0 heterocycles. The Bertz CT molecular complexity index is 1690. The molecule has 0 saturated heterocycles. The Morgan fingerprint density at radius 3 is 1.34 bits per heavy atom. The zero-order valence-corrected chi connectivity index (χ0v) is 23.6. The lowest BCUT2D eigenvalue weighted by molar-refractivity contribution is -0.394. The maximum absolute atomic E-state index is 11.9. The molecular weight excluding hydrogens is 556 g/mol. The summed E-state index contributed by atoms with van der Waals surface area (Å²) in [5.74, 6) is 1.29. The molecule has 0 aliphatic heterocycles. The smallest absolute Gasteiger partial charge is 0.283 e. The van der Waals surface area contributed by atoms with Gasteiger partial charge >= 0.3 is 0 Å². The van der Waals surface area contributed by atoms with Gasteiger partial charge in [0.1, 0.15) is 24.7 Å². The second-order valence-electron chi connectivity index (χ2n) is 9.84. The van der Waals surface area contributed by atoms with E-state index in [1.165, 1.54) is 6.07 Å². The monoisotopic (exact) mass is 584 g/mol. The van der Waals surface area contributed by atoms with Crippen molar-refractivity contribution < 1.29 is 19.3 Å². The van der Waals surface area contributed by atoms with E-state index < -0.39 is 9.85 Å². The highest BCUT2D eigenvalue weighted by Gasteiger charge is 2.22. The molecule has 0 spiro atoms. The lowest BCUT2D eigenvalue weighted by Gasteiger charge is -2.07. The van der Waals surface area contributed by atoms with E-state index in [2.05, 4.69) is 0 Å². The predicted octanol–water partition coefficient (Wildman–Crippen LogP) is 9.00. The van der Waals surface area contributed by atoms with Crippen LogP contribution in [0.2, 0.25) is 0 Å². The molecule has 0 saturated carbocycles. The molecule has 0 aliphatic rings. The molecule has 0 unspecified atom stereocenters. The van der Waals surface area contributed by atoms with E-state index in [0.29, 0.717) is 24.7 Å². The second-order valence-corrected chi connectivity index (χ2v) is 9.84. The molecule has 0 aliphatic carbocycles. The summed E-state index contributed by atoms with van der Waals surface area (Å²) in [4.78, 5) is 22.5. The van der Waals surface area contributed by atoms with Gasteiger partial charge in [-0.25, -0.2) is 0 Å². The molecule has 0 amide bonds. The van der Waals surface area contributed by atoms with E-state index in [1.807, 2.05) is 109 Å². The van der Waals surface area contributed by atoms with Crippen molar-refractivity contribution in [2.45, 2.75) is 13.2 Å². The van der Waals surface area contributed by atoms with Crippen molar-refractivity contribution in [3.8, 4) is 11.5 Å². The van der Waals surface area contributed by atoms with E-state index in [-0.39, 0.29) is 22.5 Å². The van der Waals surface area contributed by atoms with Crippen LogP contribution in [0.4, 0.5) is 11.4 Å². The lowest BCUT2D eigenvalue weighted by atomic mass is 10.0. The van der Waals surface area contributed by atoms with Gasteiger partial charge in [-0.2, -0.15) is 0 Å². The van der Waals surface area contributed by atoms with Crippen LogP contribution in [0.3, 0.4) is 0 Å². The van der Waals surface area contributed by atoms with Crippen molar-refractivity contribution in [1.82, 2.24) is 0 Å². The molecule has 0 radical (unpaired) electrons. The normalized spacial score (nSPS) is 11.1. The first-order valence-corrected chi connectivity index (χ1v) is 13.8. The number of nitrogens with zero attached hydrogens (tertiary/aromatic N) is 2. The van der Waals surface area contributed by atoms with Gasteiger partial charge in [0, 0.05) is 0 Å². The third-order valence-corrected chi connectivity index (χ3v) is 6.69. The van der Waals surface area contributed by atoms with Crippen LogP contribution in [0, 0.1) is 20.2 Å². The average Bonchev–Trinajstić information content (AvgIpc) is 3.05. The van der Waals surface area contributed by atoms with Gasteiger partial charge in [0.15, 0.2) is 0 Å². The van der Waals surface area contributed by atoms with E-state index in [1.54, 1.807) is 24.3 Å². The number of nitro benzene ring substituents is 2. The van der Waals surface area contributed by atoms with Crippen LogP contribution in [-0.4, -0.2) is 9.85 Å². The molecule has 8 heteroatoms. The summed E-state index contributed by atoms with van der Waals surface area (Å²) in [6.45, 7) is 0.805. The highest BCUT2D eigenvalue weighted by molar-refractivity contribution is 5.82. The zero-order valence-electron chi connectivity index (χ0n) is 23.6. The van der Waals surface area contributed by atoms with Crippen molar-refractivity contribution in [2.24, 2.45) is 0 Å². The van der Waals surface area contributed by atoms with Crippen LogP contribution in [-0.2, 0) is 13.2 Å². The first-order valence-electron chi connectivity index (χ1n) is 13.8. The molecule has 0 bridgehead atoms. The minimum Gasteiger partial charge on any atom is -0.489 e. The Morgan fingerprint density at radius 1 is 0.500 bits per heavy atom. The summed E-state index contributed by atoms with van der Waals surface area (Å²) in [6.07, 6.45) is 6.58. The van der Waals surface area contributed by atoms with Gasteiger partial charge in [-0.15, -0.1) is 0 Å². The molecule has 8 nitrogen and oxygen atoms in total. The summed E-state index contributed by atoms with van der Waals surface area (Å²) in [6, 6.07) is 36.6. The first-order chi connectivity index (χ1) is 21.4. The van der Waals surface area contributed by atoms with Gasteiger partial charge in [-0.1, -0.05) is 97.1 Å². The van der Waals surface area contributed by atoms with Gasteiger partial charge < -0.3 is 9.47 Å². The van der Waals surface area contributed by atoms with Crippen molar-refractivity contribution in [3.05, 3.63) is 175 Å². The molecule has 0 N–H and O–H groups in total. The fraction of sp³-hybridized carbons (Fsp3) is 0.0556. The Balaban J connectivity index is 1.37. The number of nitro groups is 2. The SMILES string of the molecule is O=[N+]([O-])c1cc([N+](=O)[O-])c(/C=C\c2cccc(OCc3ccccc3)c2)cc1/C=C\c1cccc(OCc2ccccc2)c1. The predicted molar refractivity (Wildman–Crippen MR) is 172 cm³/mol. The molecule has 0 aromatic heterocycles. The topological polar surface area (TPSA) is 105 Å². The first kappa shape index (κ1) is 29.5. The van der Waals surface area contributed by atoms with Crippen molar-refractivity contribution in [3.63, 3.8) is 0 Å². The molecule has 0 fully saturated rings. The number of rotatable bonds is 12. The number of hydrogen-bond donors (Lipinski definition) is 0.